The predicted octanol–water partition coefficient (Wildman–Crippen LogP) is 1.01. The van der Waals surface area contributed by atoms with Gasteiger partial charge in [-0.3, -0.25) is 14.6 Å². The highest BCUT2D eigenvalue weighted by atomic mass is 16.2. The SMILES string of the molecule is O=C(NCc1ccncc1)C(=O)NCc1ccnc(N2CCCC2)c1. The van der Waals surface area contributed by atoms with Gasteiger partial charge < -0.3 is 15.5 Å². The van der Waals surface area contributed by atoms with E-state index in [1.54, 1.807) is 30.7 Å². The van der Waals surface area contributed by atoms with Gasteiger partial charge in [-0.2, -0.15) is 0 Å². The monoisotopic (exact) mass is 339 g/mol. The lowest BCUT2D eigenvalue weighted by atomic mass is 10.2. The molecule has 2 N–H and O–H groups in total. The van der Waals surface area contributed by atoms with Crippen LogP contribution in [0.3, 0.4) is 0 Å². The Morgan fingerprint density at radius 3 is 2.20 bits per heavy atom. The molecule has 2 aromatic rings. The molecule has 130 valence electrons. The van der Waals surface area contributed by atoms with E-state index >= 15 is 0 Å². The highest BCUT2D eigenvalue weighted by Crippen LogP contribution is 2.18. The molecule has 0 unspecified atom stereocenters. The van der Waals surface area contributed by atoms with Crippen LogP contribution in [0.4, 0.5) is 5.82 Å². The Hall–Kier alpha value is -2.96. The van der Waals surface area contributed by atoms with Crippen molar-refractivity contribution in [2.24, 2.45) is 0 Å². The highest BCUT2D eigenvalue weighted by molar-refractivity contribution is 6.35. The van der Waals surface area contributed by atoms with Crippen LogP contribution in [0.2, 0.25) is 0 Å². The van der Waals surface area contributed by atoms with Crippen LogP contribution in [0, 0.1) is 0 Å². The minimum absolute atomic E-state index is 0.295. The summed E-state index contributed by atoms with van der Waals surface area (Å²) in [5.41, 5.74) is 1.81. The minimum atomic E-state index is -0.648. The van der Waals surface area contributed by atoms with E-state index in [4.69, 9.17) is 0 Å². The summed E-state index contributed by atoms with van der Waals surface area (Å²) in [4.78, 5) is 34.3. The lowest BCUT2D eigenvalue weighted by Gasteiger charge is -2.16. The largest absolute Gasteiger partial charge is 0.357 e. The molecule has 7 nitrogen and oxygen atoms in total. The second-order valence-electron chi connectivity index (χ2n) is 5.94. The molecule has 3 rings (SSSR count). The first-order chi connectivity index (χ1) is 12.2. The summed E-state index contributed by atoms with van der Waals surface area (Å²) in [7, 11) is 0. The van der Waals surface area contributed by atoms with Crippen molar-refractivity contribution in [1.29, 1.82) is 0 Å². The number of amides is 2. The van der Waals surface area contributed by atoms with Crippen LogP contribution in [0.5, 0.6) is 0 Å². The molecule has 2 aromatic heterocycles. The van der Waals surface area contributed by atoms with Crippen molar-refractivity contribution in [1.82, 2.24) is 20.6 Å². The smallest absolute Gasteiger partial charge is 0.309 e. The number of rotatable bonds is 5. The third kappa shape index (κ3) is 4.76. The molecule has 3 heterocycles. The van der Waals surface area contributed by atoms with Crippen LogP contribution in [0.15, 0.2) is 42.9 Å². The van der Waals surface area contributed by atoms with Crippen molar-refractivity contribution >= 4 is 17.6 Å². The van der Waals surface area contributed by atoms with Crippen LogP contribution in [0.1, 0.15) is 24.0 Å². The molecule has 2 amide bonds. The number of carbonyl (C=O) groups is 2. The molecule has 0 aliphatic carbocycles. The molecular weight excluding hydrogens is 318 g/mol. The lowest BCUT2D eigenvalue weighted by Crippen LogP contribution is -2.39. The topological polar surface area (TPSA) is 87.2 Å². The molecule has 7 heteroatoms. The molecule has 1 fully saturated rings. The van der Waals surface area contributed by atoms with E-state index in [1.807, 2.05) is 12.1 Å². The third-order valence-electron chi connectivity index (χ3n) is 4.10. The predicted molar refractivity (Wildman–Crippen MR) is 93.6 cm³/mol. The fourth-order valence-corrected chi connectivity index (χ4v) is 2.72. The average molecular weight is 339 g/mol. The quantitative estimate of drug-likeness (QED) is 0.794. The normalized spacial score (nSPS) is 13.5. The Kier molecular flexibility index (Phi) is 5.56. The summed E-state index contributed by atoms with van der Waals surface area (Å²) in [5.74, 6) is -0.370. The Bertz CT molecular complexity index is 729. The van der Waals surface area contributed by atoms with Crippen LogP contribution >= 0.6 is 0 Å². The number of aromatic nitrogens is 2. The number of pyridine rings is 2. The van der Waals surface area contributed by atoms with Gasteiger partial charge in [0.1, 0.15) is 5.82 Å². The molecule has 0 saturated carbocycles. The molecule has 0 spiro atoms. The van der Waals surface area contributed by atoms with E-state index in [1.165, 1.54) is 12.8 Å². The number of hydrogen-bond donors (Lipinski definition) is 2. The van der Waals surface area contributed by atoms with E-state index in [2.05, 4.69) is 25.5 Å². The van der Waals surface area contributed by atoms with Crippen LogP contribution in [-0.4, -0.2) is 34.9 Å². The van der Waals surface area contributed by atoms with Gasteiger partial charge in [0.25, 0.3) is 0 Å². The summed E-state index contributed by atoms with van der Waals surface area (Å²) in [6, 6.07) is 7.37. The van der Waals surface area contributed by atoms with Crippen molar-refractivity contribution in [2.75, 3.05) is 18.0 Å². The zero-order valence-corrected chi connectivity index (χ0v) is 13.9. The Morgan fingerprint density at radius 1 is 0.920 bits per heavy atom. The summed E-state index contributed by atoms with van der Waals surface area (Å²) in [5, 5.41) is 5.23. The van der Waals surface area contributed by atoms with E-state index in [0.29, 0.717) is 13.1 Å². The van der Waals surface area contributed by atoms with E-state index in [0.717, 1.165) is 30.0 Å². The summed E-state index contributed by atoms with van der Waals surface area (Å²) < 4.78 is 0. The first-order valence-electron chi connectivity index (χ1n) is 8.37. The van der Waals surface area contributed by atoms with Crippen LogP contribution in [0.25, 0.3) is 0 Å². The number of nitrogens with one attached hydrogen (secondary N) is 2. The van der Waals surface area contributed by atoms with Gasteiger partial charge in [-0.1, -0.05) is 0 Å². The fourth-order valence-electron chi connectivity index (χ4n) is 2.72. The molecule has 0 radical (unpaired) electrons. The minimum Gasteiger partial charge on any atom is -0.357 e. The molecule has 0 atom stereocenters. The maximum Gasteiger partial charge on any atom is 0.309 e. The Labute approximate surface area is 146 Å². The van der Waals surface area contributed by atoms with Crippen molar-refractivity contribution in [2.45, 2.75) is 25.9 Å². The maximum atomic E-state index is 11.9. The zero-order chi connectivity index (χ0) is 17.5. The van der Waals surface area contributed by atoms with E-state index < -0.39 is 11.8 Å². The van der Waals surface area contributed by atoms with E-state index in [9.17, 15) is 9.59 Å². The van der Waals surface area contributed by atoms with Gasteiger partial charge in [0, 0.05) is 44.8 Å². The standard InChI is InChI=1S/C18H21N5O2/c24-17(21-12-14-3-6-19-7-4-14)18(25)22-13-15-5-8-20-16(11-15)23-9-1-2-10-23/h3-8,11H,1-2,9-10,12-13H2,(H,21,24)(H,22,25). The number of hydrogen-bond acceptors (Lipinski definition) is 5. The van der Waals surface area contributed by atoms with Gasteiger partial charge in [0.05, 0.1) is 0 Å². The second-order valence-corrected chi connectivity index (χ2v) is 5.94. The maximum absolute atomic E-state index is 11.9. The van der Waals surface area contributed by atoms with Gasteiger partial charge >= 0.3 is 11.8 Å². The van der Waals surface area contributed by atoms with E-state index in [-0.39, 0.29) is 0 Å². The van der Waals surface area contributed by atoms with Gasteiger partial charge in [-0.05, 0) is 48.2 Å². The van der Waals surface area contributed by atoms with Crippen molar-refractivity contribution in [3.8, 4) is 0 Å². The molecule has 0 aromatic carbocycles. The molecule has 1 aliphatic heterocycles. The average Bonchev–Trinajstić information content (AvgIpc) is 3.20. The van der Waals surface area contributed by atoms with Crippen molar-refractivity contribution < 1.29 is 9.59 Å². The third-order valence-corrected chi connectivity index (χ3v) is 4.10. The van der Waals surface area contributed by atoms with Gasteiger partial charge in [0.15, 0.2) is 0 Å². The van der Waals surface area contributed by atoms with Gasteiger partial charge in [-0.25, -0.2) is 4.98 Å². The lowest BCUT2D eigenvalue weighted by molar-refractivity contribution is -0.139. The summed E-state index contributed by atoms with van der Waals surface area (Å²) in [6.45, 7) is 2.62. The first kappa shape index (κ1) is 16.9. The zero-order valence-electron chi connectivity index (χ0n) is 13.9. The van der Waals surface area contributed by atoms with Crippen molar-refractivity contribution in [3.05, 3.63) is 54.0 Å². The highest BCUT2D eigenvalue weighted by Gasteiger charge is 2.15. The summed E-state index contributed by atoms with van der Waals surface area (Å²) >= 11 is 0. The van der Waals surface area contributed by atoms with Crippen LogP contribution < -0.4 is 15.5 Å². The van der Waals surface area contributed by atoms with Gasteiger partial charge in [-0.15, -0.1) is 0 Å². The molecule has 1 aliphatic rings. The Balaban J connectivity index is 1.48. The molecule has 0 bridgehead atoms. The van der Waals surface area contributed by atoms with Gasteiger partial charge in [0.2, 0.25) is 0 Å². The number of anilines is 1. The molecule has 25 heavy (non-hydrogen) atoms. The first-order valence-corrected chi connectivity index (χ1v) is 8.37. The fraction of sp³-hybridized carbons (Fsp3) is 0.333. The summed E-state index contributed by atoms with van der Waals surface area (Å²) in [6.07, 6.45) is 7.38. The number of carbonyl (C=O) groups excluding carboxylic acids is 2. The molecule has 1 saturated heterocycles. The van der Waals surface area contributed by atoms with Crippen LogP contribution in [-0.2, 0) is 22.7 Å². The van der Waals surface area contributed by atoms with Crippen molar-refractivity contribution in [3.63, 3.8) is 0 Å². The Morgan fingerprint density at radius 2 is 1.52 bits per heavy atom. The second kappa shape index (κ2) is 8.23. The molecular formula is C18H21N5O2. The number of nitrogens with zero attached hydrogens (tertiary/aromatic N) is 3.